The third-order valence-corrected chi connectivity index (χ3v) is 6.92. The highest BCUT2D eigenvalue weighted by molar-refractivity contribution is 6.01. The maximum Gasteiger partial charge on any atom is 0.265 e. The first-order valence-corrected chi connectivity index (χ1v) is 12.9. The van der Waals surface area contributed by atoms with E-state index >= 15 is 0 Å². The quantitative estimate of drug-likeness (QED) is 0.441. The number of rotatable bonds is 7. The van der Waals surface area contributed by atoms with Gasteiger partial charge in [0.15, 0.2) is 12.4 Å². The van der Waals surface area contributed by atoms with Crippen LogP contribution in [-0.4, -0.2) is 61.9 Å². The van der Waals surface area contributed by atoms with E-state index in [1.807, 2.05) is 54.3 Å². The van der Waals surface area contributed by atoms with Crippen molar-refractivity contribution in [1.29, 1.82) is 0 Å². The Bertz CT molecular complexity index is 1350. The van der Waals surface area contributed by atoms with Crippen LogP contribution in [0.5, 0.6) is 11.5 Å². The van der Waals surface area contributed by atoms with Gasteiger partial charge in [-0.15, -0.1) is 0 Å². The van der Waals surface area contributed by atoms with Crippen molar-refractivity contribution in [3.05, 3.63) is 83.4 Å². The van der Waals surface area contributed by atoms with Gasteiger partial charge in [-0.05, 0) is 61.9 Å². The number of carbonyl (C=O) groups is 3. The number of benzene rings is 3. The third-order valence-electron chi connectivity index (χ3n) is 6.92. The number of carbonyl (C=O) groups excluding carboxylic acids is 3. The van der Waals surface area contributed by atoms with Crippen LogP contribution in [0.3, 0.4) is 0 Å². The lowest BCUT2D eigenvalue weighted by atomic mass is 10.1. The summed E-state index contributed by atoms with van der Waals surface area (Å²) < 4.78 is 11.3. The molecule has 1 fully saturated rings. The van der Waals surface area contributed by atoms with Gasteiger partial charge in [0.1, 0.15) is 11.5 Å². The maximum atomic E-state index is 13.2. The van der Waals surface area contributed by atoms with E-state index in [9.17, 15) is 14.4 Å². The van der Waals surface area contributed by atoms with Crippen molar-refractivity contribution in [2.24, 2.45) is 0 Å². The second kappa shape index (κ2) is 11.0. The number of anilines is 2. The van der Waals surface area contributed by atoms with Crippen molar-refractivity contribution in [3.8, 4) is 11.5 Å². The van der Waals surface area contributed by atoms with Crippen molar-refractivity contribution in [2.75, 3.05) is 49.2 Å². The lowest BCUT2D eigenvalue weighted by Gasteiger charge is -2.36. The number of Topliss-reactive ketones (excluding diaryl/α,β-unsaturated/α-hetero) is 1. The van der Waals surface area contributed by atoms with Crippen molar-refractivity contribution < 1.29 is 23.9 Å². The molecule has 2 amide bonds. The minimum Gasteiger partial charge on any atom is -0.492 e. The fourth-order valence-corrected chi connectivity index (χ4v) is 4.86. The normalized spacial score (nSPS) is 15.1. The molecule has 2 aliphatic rings. The van der Waals surface area contributed by atoms with Crippen LogP contribution in [0.2, 0.25) is 0 Å². The van der Waals surface area contributed by atoms with Gasteiger partial charge in [-0.3, -0.25) is 14.4 Å². The van der Waals surface area contributed by atoms with Crippen LogP contribution >= 0.6 is 0 Å². The zero-order chi connectivity index (χ0) is 26.6. The summed E-state index contributed by atoms with van der Waals surface area (Å²) in [6.45, 7) is 7.05. The first-order valence-electron chi connectivity index (χ1n) is 12.9. The average Bonchev–Trinajstić information content (AvgIpc) is 2.95. The molecule has 5 rings (SSSR count). The minimum absolute atomic E-state index is 0.00631. The van der Waals surface area contributed by atoms with Crippen LogP contribution in [0.1, 0.15) is 40.1 Å². The fraction of sp³-hybridized carbons (Fsp3) is 0.300. The fourth-order valence-electron chi connectivity index (χ4n) is 4.86. The van der Waals surface area contributed by atoms with Crippen molar-refractivity contribution >= 4 is 29.0 Å². The summed E-state index contributed by atoms with van der Waals surface area (Å²) in [5, 5.41) is 0. The number of amides is 2. The highest BCUT2D eigenvalue weighted by Crippen LogP contribution is 2.34. The monoisotopic (exact) mass is 513 g/mol. The number of piperazine rings is 1. The third kappa shape index (κ3) is 5.20. The number of para-hydroxylation sites is 2. The van der Waals surface area contributed by atoms with Gasteiger partial charge >= 0.3 is 0 Å². The van der Waals surface area contributed by atoms with Crippen molar-refractivity contribution in [1.82, 2.24) is 4.90 Å². The van der Waals surface area contributed by atoms with Crippen LogP contribution in [0.4, 0.5) is 11.4 Å². The molecule has 0 aromatic heterocycles. The Morgan fingerprint density at radius 2 is 1.61 bits per heavy atom. The van der Waals surface area contributed by atoms with E-state index in [2.05, 4.69) is 11.0 Å². The van der Waals surface area contributed by atoms with E-state index in [4.69, 9.17) is 9.47 Å². The summed E-state index contributed by atoms with van der Waals surface area (Å²) in [5.41, 5.74) is 3.66. The molecule has 38 heavy (non-hydrogen) atoms. The summed E-state index contributed by atoms with van der Waals surface area (Å²) in [5.74, 6) is 1.18. The number of fused-ring (bicyclic) bond motifs is 1. The number of ether oxygens (including phenoxy) is 2. The number of hydrogen-bond donors (Lipinski definition) is 0. The van der Waals surface area contributed by atoms with E-state index in [0.29, 0.717) is 48.8 Å². The highest BCUT2D eigenvalue weighted by Gasteiger charge is 2.27. The largest absolute Gasteiger partial charge is 0.492 e. The van der Waals surface area contributed by atoms with Gasteiger partial charge < -0.3 is 24.2 Å². The Balaban J connectivity index is 1.24. The summed E-state index contributed by atoms with van der Waals surface area (Å²) in [7, 11) is 0. The molecular formula is C30H31N3O5. The Labute approximate surface area is 222 Å². The molecule has 8 nitrogen and oxygen atoms in total. The smallest absolute Gasteiger partial charge is 0.265 e. The SMILES string of the molecule is CCOc1ccccc1N1CCN(C(=O)c2ccc(CN3C(=O)COc4ccc(C(C)=O)cc43)cc2)CC1. The minimum atomic E-state index is -0.179. The predicted molar refractivity (Wildman–Crippen MR) is 145 cm³/mol. The van der Waals surface area contributed by atoms with Gasteiger partial charge in [0.2, 0.25) is 0 Å². The summed E-state index contributed by atoms with van der Waals surface area (Å²) in [6, 6.07) is 20.5. The molecule has 0 atom stereocenters. The molecule has 2 heterocycles. The predicted octanol–water partition coefficient (Wildman–Crippen LogP) is 4.18. The first-order chi connectivity index (χ1) is 18.4. The van der Waals surface area contributed by atoms with Gasteiger partial charge in [-0.2, -0.15) is 0 Å². The summed E-state index contributed by atoms with van der Waals surface area (Å²) in [6.07, 6.45) is 0. The van der Waals surface area contributed by atoms with Crippen LogP contribution in [0, 0.1) is 0 Å². The molecule has 0 saturated carbocycles. The second-order valence-corrected chi connectivity index (χ2v) is 9.38. The molecule has 3 aromatic carbocycles. The molecule has 0 spiro atoms. The van der Waals surface area contributed by atoms with E-state index < -0.39 is 0 Å². The number of nitrogens with zero attached hydrogens (tertiary/aromatic N) is 3. The van der Waals surface area contributed by atoms with Crippen LogP contribution in [0.15, 0.2) is 66.7 Å². The van der Waals surface area contributed by atoms with Gasteiger partial charge in [-0.25, -0.2) is 0 Å². The first kappa shape index (κ1) is 25.3. The molecular weight excluding hydrogens is 482 g/mol. The number of ketones is 1. The highest BCUT2D eigenvalue weighted by atomic mass is 16.5. The zero-order valence-corrected chi connectivity index (χ0v) is 21.7. The Hall–Kier alpha value is -4.33. The van der Waals surface area contributed by atoms with E-state index in [1.165, 1.54) is 6.92 Å². The van der Waals surface area contributed by atoms with Crippen molar-refractivity contribution in [3.63, 3.8) is 0 Å². The van der Waals surface area contributed by atoms with Crippen molar-refractivity contribution in [2.45, 2.75) is 20.4 Å². The molecule has 0 unspecified atom stereocenters. The average molecular weight is 514 g/mol. The van der Waals surface area contributed by atoms with Gasteiger partial charge in [0.25, 0.3) is 11.8 Å². The van der Waals surface area contributed by atoms with Crippen LogP contribution in [-0.2, 0) is 11.3 Å². The number of hydrogen-bond acceptors (Lipinski definition) is 6. The molecule has 3 aromatic rings. The zero-order valence-electron chi connectivity index (χ0n) is 21.7. The molecule has 0 aliphatic carbocycles. The Morgan fingerprint density at radius 3 is 2.32 bits per heavy atom. The standard InChI is InChI=1S/C30H31N3O5/c1-3-37-27-7-5-4-6-25(27)31-14-16-32(17-15-31)30(36)23-10-8-22(9-11-23)19-33-26-18-24(21(2)34)12-13-28(26)38-20-29(33)35/h4-13,18H,3,14-17,19-20H2,1-2H3. The Kier molecular flexibility index (Phi) is 7.31. The molecule has 8 heteroatoms. The molecule has 2 aliphatic heterocycles. The van der Waals surface area contributed by atoms with Crippen LogP contribution in [0.25, 0.3) is 0 Å². The lowest BCUT2D eigenvalue weighted by Crippen LogP contribution is -2.48. The molecule has 0 radical (unpaired) electrons. The van der Waals surface area contributed by atoms with Crippen LogP contribution < -0.4 is 19.3 Å². The molecule has 0 N–H and O–H groups in total. The molecule has 1 saturated heterocycles. The van der Waals surface area contributed by atoms with Gasteiger partial charge in [-0.1, -0.05) is 24.3 Å². The molecule has 196 valence electrons. The summed E-state index contributed by atoms with van der Waals surface area (Å²) >= 11 is 0. The van der Waals surface area contributed by atoms with E-state index in [-0.39, 0.29) is 24.2 Å². The van der Waals surface area contributed by atoms with Gasteiger partial charge in [0.05, 0.1) is 24.5 Å². The molecule has 0 bridgehead atoms. The Morgan fingerprint density at radius 1 is 0.895 bits per heavy atom. The second-order valence-electron chi connectivity index (χ2n) is 9.38. The topological polar surface area (TPSA) is 79.4 Å². The summed E-state index contributed by atoms with van der Waals surface area (Å²) in [4.78, 5) is 43.5. The van der Waals surface area contributed by atoms with E-state index in [0.717, 1.165) is 30.1 Å². The van der Waals surface area contributed by atoms with Gasteiger partial charge in [0, 0.05) is 37.3 Å². The van der Waals surface area contributed by atoms with E-state index in [1.54, 1.807) is 23.1 Å². The lowest BCUT2D eigenvalue weighted by molar-refractivity contribution is -0.121. The maximum absolute atomic E-state index is 13.2.